The molecule has 0 radical (unpaired) electrons. The van der Waals surface area contributed by atoms with Crippen LogP contribution in [0.2, 0.25) is 0 Å². The lowest BCUT2D eigenvalue weighted by molar-refractivity contribution is -0.149. The number of phenols is 1. The van der Waals surface area contributed by atoms with E-state index in [1.807, 2.05) is 0 Å². The van der Waals surface area contributed by atoms with E-state index in [9.17, 15) is 77.6 Å². The number of phenolic OH excluding ortho intramolecular Hbond substituents is 1. The average Bonchev–Trinajstić information content (AvgIpc) is 2.48. The number of aromatic nitrogens is 1. The van der Waals surface area contributed by atoms with Crippen LogP contribution in [0.4, 0.5) is 0 Å². The van der Waals surface area contributed by atoms with Crippen LogP contribution in [0.25, 0.3) is 10.9 Å². The number of fused-ring (bicyclic) bond motifs is 1. The van der Waals surface area contributed by atoms with Crippen LogP contribution in [0.5, 0.6) is 5.75 Å². The smallest absolute Gasteiger partial charge is 0.326 e. The summed E-state index contributed by atoms with van der Waals surface area (Å²) in [5.74, 6) is -13.2. The Kier molecular flexibility index (Phi) is 27.1. The van der Waals surface area contributed by atoms with Crippen LogP contribution in [-0.4, -0.2) is 169 Å². The number of nitrogens with zero attached hydrogens (tertiary/aromatic N) is 1. The standard InChI is InChI=1S/C58H83N13O16/c1-7-30(4)48(56(84)66-39(19-22-46(61)74)52(80)64-32(6)50(78)69-43(25-29(2)3)57(85)71-24-10-13-44(71)58(86)87)70-53(81)40(20-23-47(75)76)65-55(83)42(27-34-28-62-38-12-9-8-11-36(34)38)68-54(82)41(26-33-14-16-35(72)17-15-33)67-49(77)31(5)63-51(79)37(59)18-21-45(60)73/h8-9,11-12,14-17,28-32,37,39-44,48,62,72H,7,10,13,18-27,59H2,1-6H3,(H2,60,73)(H2,61,74)(H,63,79)(H,64,80)(H,65,83)(H,66,84)(H,67,77)(H,68,82)(H,69,78)(H,70,81)(H,75,76)(H,86,87)/t30-,31-,32-,37-,39-,40-,41-,42-,43-,44-,48-/m0/s1. The third-order valence-electron chi connectivity index (χ3n) is 14.8. The number of nitrogens with one attached hydrogen (secondary N) is 9. The molecule has 3 aromatic rings. The van der Waals surface area contributed by atoms with Crippen molar-refractivity contribution in [1.29, 1.82) is 0 Å². The van der Waals surface area contributed by atoms with E-state index in [1.165, 1.54) is 43.0 Å². The molecule has 476 valence electrons. The van der Waals surface area contributed by atoms with E-state index in [0.717, 1.165) is 0 Å². The number of aromatic amines is 1. The zero-order valence-electron chi connectivity index (χ0n) is 49.6. The number of amides is 11. The third-order valence-corrected chi connectivity index (χ3v) is 14.8. The van der Waals surface area contributed by atoms with Gasteiger partial charge in [-0.25, -0.2) is 4.79 Å². The number of primary amides is 2. The Morgan fingerprint density at radius 2 is 1.10 bits per heavy atom. The Balaban J connectivity index is 1.62. The van der Waals surface area contributed by atoms with Gasteiger partial charge in [-0.15, -0.1) is 0 Å². The Morgan fingerprint density at radius 3 is 1.68 bits per heavy atom. The number of aliphatic carboxylic acids is 2. The Hall–Kier alpha value is -9.15. The van der Waals surface area contributed by atoms with Crippen LogP contribution >= 0.6 is 0 Å². The fourth-order valence-electron chi connectivity index (χ4n) is 9.63. The molecule has 1 aliphatic heterocycles. The molecule has 11 atom stereocenters. The number of benzene rings is 2. The van der Waals surface area contributed by atoms with Crippen LogP contribution in [0.15, 0.2) is 54.7 Å². The lowest BCUT2D eigenvalue weighted by Crippen LogP contribution is -2.61. The van der Waals surface area contributed by atoms with E-state index >= 15 is 0 Å². The Bertz CT molecular complexity index is 2970. The van der Waals surface area contributed by atoms with Gasteiger partial charge in [0.25, 0.3) is 0 Å². The van der Waals surface area contributed by atoms with Gasteiger partial charge < -0.3 is 84.9 Å². The highest BCUT2D eigenvalue weighted by molar-refractivity contribution is 5.99. The van der Waals surface area contributed by atoms with Crippen molar-refractivity contribution < 1.29 is 77.6 Å². The molecule has 2 aromatic carbocycles. The minimum Gasteiger partial charge on any atom is -0.508 e. The lowest BCUT2D eigenvalue weighted by Gasteiger charge is -2.30. The first-order chi connectivity index (χ1) is 41.0. The van der Waals surface area contributed by atoms with Crippen molar-refractivity contribution in [2.24, 2.45) is 29.0 Å². The van der Waals surface area contributed by atoms with Gasteiger partial charge in [0.1, 0.15) is 60.1 Å². The average molecular weight is 1220 g/mol. The minimum atomic E-state index is -1.72. The Morgan fingerprint density at radius 1 is 0.598 bits per heavy atom. The number of rotatable bonds is 35. The van der Waals surface area contributed by atoms with Crippen molar-refractivity contribution in [2.45, 2.75) is 179 Å². The van der Waals surface area contributed by atoms with Crippen LogP contribution in [0.3, 0.4) is 0 Å². The monoisotopic (exact) mass is 1220 g/mol. The number of H-pyrrole nitrogens is 1. The fraction of sp³-hybridized carbons (Fsp3) is 0.534. The van der Waals surface area contributed by atoms with Crippen LogP contribution in [-0.2, 0) is 75.2 Å². The van der Waals surface area contributed by atoms with E-state index in [1.54, 1.807) is 58.2 Å². The summed E-state index contributed by atoms with van der Waals surface area (Å²) in [4.78, 5) is 178. The van der Waals surface area contributed by atoms with Gasteiger partial charge in [-0.1, -0.05) is 64.4 Å². The second-order valence-corrected chi connectivity index (χ2v) is 22.3. The molecule has 0 unspecified atom stereocenters. The fourth-order valence-corrected chi connectivity index (χ4v) is 9.63. The molecular formula is C58H83N13O16. The zero-order chi connectivity index (χ0) is 64.8. The van der Waals surface area contributed by atoms with E-state index < -0.39 is 169 Å². The Labute approximate surface area is 502 Å². The van der Waals surface area contributed by atoms with Crippen molar-refractivity contribution in [3.63, 3.8) is 0 Å². The number of hydrogen-bond acceptors (Lipinski definition) is 15. The first-order valence-electron chi connectivity index (χ1n) is 28.8. The molecule has 1 aliphatic rings. The number of carboxylic acids is 2. The number of para-hydroxylation sites is 1. The zero-order valence-corrected chi connectivity index (χ0v) is 49.6. The number of aromatic hydroxyl groups is 1. The lowest BCUT2D eigenvalue weighted by atomic mass is 9.96. The van der Waals surface area contributed by atoms with Crippen LogP contribution in [0, 0.1) is 11.8 Å². The summed E-state index contributed by atoms with van der Waals surface area (Å²) < 4.78 is 0. The summed E-state index contributed by atoms with van der Waals surface area (Å²) in [7, 11) is 0. The van der Waals surface area contributed by atoms with Crippen molar-refractivity contribution >= 4 is 87.8 Å². The molecule has 1 aromatic heterocycles. The number of likely N-dealkylation sites (tertiary alicyclic amines) is 1. The molecule has 0 spiro atoms. The topological polar surface area (TPSA) is 476 Å². The number of carbonyl (C=O) groups is 13. The second-order valence-electron chi connectivity index (χ2n) is 22.3. The number of carbonyl (C=O) groups excluding carboxylic acids is 11. The quantitative estimate of drug-likeness (QED) is 0.0318. The minimum absolute atomic E-state index is 0.109. The normalized spacial score (nSPS) is 16.4. The molecular weight excluding hydrogens is 1130 g/mol. The molecule has 29 heteroatoms. The first kappa shape index (κ1) is 70.3. The largest absolute Gasteiger partial charge is 0.508 e. The third kappa shape index (κ3) is 22.0. The maximum atomic E-state index is 14.8. The SMILES string of the molecule is CC[C@H](C)[C@H](NC(=O)[C@H](CCC(=O)O)NC(=O)[C@H](Cc1c[nH]c2ccccc12)NC(=O)[C@H](Cc1ccc(O)cc1)NC(=O)[C@H](C)NC(=O)[C@@H](N)CCC(N)=O)C(=O)N[C@@H](CCC(N)=O)C(=O)N[C@@H](C)C(=O)N[C@@H](CC(C)C)C(=O)N1CCC[C@H]1C(=O)O. The summed E-state index contributed by atoms with van der Waals surface area (Å²) in [6.45, 7) is 9.62. The van der Waals surface area contributed by atoms with Crippen molar-refractivity contribution in [2.75, 3.05) is 6.54 Å². The number of carboxylic acid groups (broad SMARTS) is 2. The van der Waals surface area contributed by atoms with Gasteiger partial charge in [-0.3, -0.25) is 57.5 Å². The molecule has 2 heterocycles. The maximum Gasteiger partial charge on any atom is 0.326 e. The number of hydrogen-bond donors (Lipinski definition) is 15. The van der Waals surface area contributed by atoms with E-state index in [0.29, 0.717) is 28.5 Å². The predicted octanol–water partition coefficient (Wildman–Crippen LogP) is -1.53. The van der Waals surface area contributed by atoms with E-state index in [2.05, 4.69) is 47.5 Å². The molecule has 4 rings (SSSR count). The van der Waals surface area contributed by atoms with Gasteiger partial charge in [0.15, 0.2) is 0 Å². The van der Waals surface area contributed by atoms with Gasteiger partial charge in [-0.2, -0.15) is 0 Å². The van der Waals surface area contributed by atoms with Crippen molar-refractivity contribution in [1.82, 2.24) is 52.4 Å². The molecule has 87 heavy (non-hydrogen) atoms. The highest BCUT2D eigenvalue weighted by atomic mass is 16.4. The highest BCUT2D eigenvalue weighted by Gasteiger charge is 2.40. The predicted molar refractivity (Wildman–Crippen MR) is 314 cm³/mol. The van der Waals surface area contributed by atoms with Gasteiger partial charge in [-0.05, 0) is 93.5 Å². The molecule has 1 saturated heterocycles. The highest BCUT2D eigenvalue weighted by Crippen LogP contribution is 2.22. The molecule has 29 nitrogen and oxygen atoms in total. The van der Waals surface area contributed by atoms with Gasteiger partial charge in [0, 0.05) is 55.7 Å². The van der Waals surface area contributed by atoms with Gasteiger partial charge >= 0.3 is 11.9 Å². The summed E-state index contributed by atoms with van der Waals surface area (Å²) in [5.41, 5.74) is 18.1. The molecule has 0 saturated carbocycles. The summed E-state index contributed by atoms with van der Waals surface area (Å²) in [6.07, 6.45) is -0.312. The molecule has 0 bridgehead atoms. The molecule has 11 amide bonds. The maximum absolute atomic E-state index is 14.8. The molecule has 0 aliphatic carbocycles. The summed E-state index contributed by atoms with van der Waals surface area (Å²) in [5, 5.41) is 50.6. The van der Waals surface area contributed by atoms with Gasteiger partial charge in [0.2, 0.25) is 65.0 Å². The van der Waals surface area contributed by atoms with Crippen LogP contribution < -0.4 is 59.7 Å². The van der Waals surface area contributed by atoms with Crippen LogP contribution in [0.1, 0.15) is 117 Å². The summed E-state index contributed by atoms with van der Waals surface area (Å²) >= 11 is 0. The van der Waals surface area contributed by atoms with E-state index in [4.69, 9.17) is 17.2 Å². The number of nitrogens with two attached hydrogens (primary N) is 3. The molecule has 18 N–H and O–H groups in total. The van der Waals surface area contributed by atoms with Crippen molar-refractivity contribution in [3.05, 3.63) is 65.9 Å². The first-order valence-corrected chi connectivity index (χ1v) is 28.8. The van der Waals surface area contributed by atoms with E-state index in [-0.39, 0.29) is 63.2 Å². The second kappa shape index (κ2) is 33.5. The van der Waals surface area contributed by atoms with Gasteiger partial charge in [0.05, 0.1) is 6.04 Å². The molecule has 1 fully saturated rings. The summed E-state index contributed by atoms with van der Waals surface area (Å²) in [6, 6.07) is -1.40. The van der Waals surface area contributed by atoms with Crippen molar-refractivity contribution in [3.8, 4) is 5.75 Å².